The third-order valence-electron chi connectivity index (χ3n) is 4.11. The number of hydrogen-bond donors (Lipinski definition) is 2. The molecule has 0 bridgehead atoms. The number of rotatable bonds is 7. The Morgan fingerprint density at radius 2 is 1.45 bits per heavy atom. The summed E-state index contributed by atoms with van der Waals surface area (Å²) in [4.78, 5) is 37.4. The second-order valence-corrected chi connectivity index (χ2v) is 7.74. The normalized spacial score (nSPS) is 12.8. The summed E-state index contributed by atoms with van der Waals surface area (Å²) < 4.78 is 15.4. The number of methoxy groups -OCH3 is 1. The zero-order valence-corrected chi connectivity index (χ0v) is 18.1. The maximum Gasteiger partial charge on any atom is 0.408 e. The molecule has 166 valence electrons. The molecule has 0 saturated carbocycles. The first-order chi connectivity index (χ1) is 14.7. The number of nitrogens with one attached hydrogen (secondary N) is 2. The Morgan fingerprint density at radius 3 is 2.00 bits per heavy atom. The van der Waals surface area contributed by atoms with Crippen molar-refractivity contribution in [2.75, 3.05) is 7.11 Å². The summed E-state index contributed by atoms with van der Waals surface area (Å²) in [5.74, 6) is -0.749. The number of ether oxygens (including phenoxy) is 3. The first-order valence-corrected chi connectivity index (χ1v) is 9.79. The van der Waals surface area contributed by atoms with Crippen LogP contribution in [0.25, 0.3) is 0 Å². The van der Waals surface area contributed by atoms with Crippen LogP contribution in [0.1, 0.15) is 37.9 Å². The molecule has 2 atom stereocenters. The van der Waals surface area contributed by atoms with Crippen molar-refractivity contribution < 1.29 is 28.6 Å². The van der Waals surface area contributed by atoms with E-state index in [0.717, 1.165) is 5.56 Å². The molecule has 2 aromatic carbocycles. The van der Waals surface area contributed by atoms with E-state index in [1.807, 2.05) is 30.3 Å². The van der Waals surface area contributed by atoms with Gasteiger partial charge in [0.25, 0.3) is 0 Å². The Bertz CT molecular complexity index is 865. The number of benzene rings is 2. The molecule has 2 N–H and O–H groups in total. The predicted octanol–water partition coefficient (Wildman–Crippen LogP) is 3.72. The molecular formula is C23H28N2O6. The van der Waals surface area contributed by atoms with Gasteiger partial charge < -0.3 is 24.8 Å². The molecule has 8 nitrogen and oxygen atoms in total. The molecule has 0 aliphatic heterocycles. The second-order valence-electron chi connectivity index (χ2n) is 7.74. The fourth-order valence-corrected chi connectivity index (χ4v) is 2.75. The zero-order valence-electron chi connectivity index (χ0n) is 18.1. The number of hydrogen-bond acceptors (Lipinski definition) is 6. The number of carbonyl (C=O) groups excluding carboxylic acids is 3. The van der Waals surface area contributed by atoms with Crippen LogP contribution in [0, 0.1) is 0 Å². The van der Waals surface area contributed by atoms with E-state index in [1.54, 1.807) is 51.1 Å². The summed E-state index contributed by atoms with van der Waals surface area (Å²) in [7, 11) is 1.20. The van der Waals surface area contributed by atoms with Crippen LogP contribution in [0.2, 0.25) is 0 Å². The van der Waals surface area contributed by atoms with Gasteiger partial charge in [-0.15, -0.1) is 0 Å². The maximum atomic E-state index is 12.5. The lowest BCUT2D eigenvalue weighted by molar-refractivity contribution is -0.143. The molecule has 0 spiro atoms. The molecule has 0 saturated heterocycles. The van der Waals surface area contributed by atoms with Gasteiger partial charge in [0, 0.05) is 0 Å². The fourth-order valence-electron chi connectivity index (χ4n) is 2.75. The first kappa shape index (κ1) is 23.7. The minimum atomic E-state index is -1.25. The summed E-state index contributed by atoms with van der Waals surface area (Å²) >= 11 is 0. The van der Waals surface area contributed by atoms with Crippen LogP contribution >= 0.6 is 0 Å². The van der Waals surface area contributed by atoms with E-state index in [2.05, 4.69) is 10.6 Å². The van der Waals surface area contributed by atoms with Gasteiger partial charge in [-0.3, -0.25) is 0 Å². The van der Waals surface area contributed by atoms with E-state index in [1.165, 1.54) is 7.11 Å². The number of amides is 2. The predicted molar refractivity (Wildman–Crippen MR) is 114 cm³/mol. The standard InChI is InChI=1S/C23H28N2O6/c1-23(2,3)31-22(28)24-18(17-13-9-6-10-14-17)19(20(26)29-4)25-21(27)30-15-16-11-7-5-8-12-16/h5-14,18-19H,15H2,1-4H3,(H,24,28)(H,25,27)/t18-,19+/m1/s1. The Kier molecular flexibility index (Phi) is 8.43. The van der Waals surface area contributed by atoms with Crippen LogP contribution in [0.4, 0.5) is 9.59 Å². The molecule has 2 amide bonds. The number of carbonyl (C=O) groups is 3. The van der Waals surface area contributed by atoms with Gasteiger partial charge in [0.2, 0.25) is 0 Å². The lowest BCUT2D eigenvalue weighted by atomic mass is 9.99. The minimum Gasteiger partial charge on any atom is -0.467 e. The van der Waals surface area contributed by atoms with Crippen molar-refractivity contribution in [2.24, 2.45) is 0 Å². The van der Waals surface area contributed by atoms with Crippen LogP contribution in [0.3, 0.4) is 0 Å². The van der Waals surface area contributed by atoms with Crippen molar-refractivity contribution in [2.45, 2.75) is 45.1 Å². The van der Waals surface area contributed by atoms with E-state index in [0.29, 0.717) is 5.56 Å². The molecule has 0 aromatic heterocycles. The first-order valence-electron chi connectivity index (χ1n) is 9.79. The lowest BCUT2D eigenvalue weighted by Crippen LogP contribution is -2.51. The van der Waals surface area contributed by atoms with E-state index >= 15 is 0 Å². The zero-order chi connectivity index (χ0) is 22.9. The largest absolute Gasteiger partial charge is 0.467 e. The van der Waals surface area contributed by atoms with Gasteiger partial charge in [0.1, 0.15) is 12.2 Å². The summed E-state index contributed by atoms with van der Waals surface area (Å²) in [6.45, 7) is 5.19. The van der Waals surface area contributed by atoms with E-state index in [4.69, 9.17) is 14.2 Å². The average Bonchev–Trinajstić information content (AvgIpc) is 2.74. The Hall–Kier alpha value is -3.55. The summed E-state index contributed by atoms with van der Waals surface area (Å²) in [5.41, 5.74) is 0.625. The fraction of sp³-hybridized carbons (Fsp3) is 0.348. The van der Waals surface area contributed by atoms with Crippen molar-refractivity contribution in [3.63, 3.8) is 0 Å². The van der Waals surface area contributed by atoms with Gasteiger partial charge in [-0.25, -0.2) is 14.4 Å². The van der Waals surface area contributed by atoms with Gasteiger partial charge in [-0.1, -0.05) is 60.7 Å². The molecule has 2 aromatic rings. The van der Waals surface area contributed by atoms with E-state index in [9.17, 15) is 14.4 Å². The van der Waals surface area contributed by atoms with E-state index in [-0.39, 0.29) is 6.61 Å². The quantitative estimate of drug-likeness (QED) is 0.515. The third-order valence-corrected chi connectivity index (χ3v) is 4.11. The van der Waals surface area contributed by atoms with Crippen LogP contribution < -0.4 is 10.6 Å². The SMILES string of the molecule is COC(=O)[C@@H](NC(=O)OCc1ccccc1)[C@H](NC(=O)OC(C)(C)C)c1ccccc1. The Balaban J connectivity index is 2.20. The molecule has 31 heavy (non-hydrogen) atoms. The van der Waals surface area contributed by atoms with Gasteiger partial charge in [-0.2, -0.15) is 0 Å². The Labute approximate surface area is 181 Å². The molecular weight excluding hydrogens is 400 g/mol. The van der Waals surface area contributed by atoms with E-state index < -0.39 is 35.8 Å². The summed E-state index contributed by atoms with van der Waals surface area (Å²) in [5, 5.41) is 5.15. The highest BCUT2D eigenvalue weighted by Gasteiger charge is 2.35. The van der Waals surface area contributed by atoms with Crippen molar-refractivity contribution in [3.8, 4) is 0 Å². The highest BCUT2D eigenvalue weighted by molar-refractivity contribution is 5.83. The van der Waals surface area contributed by atoms with Crippen LogP contribution in [0.15, 0.2) is 60.7 Å². The number of esters is 1. The molecule has 0 aliphatic rings. The molecule has 0 radical (unpaired) electrons. The number of alkyl carbamates (subject to hydrolysis) is 2. The smallest absolute Gasteiger partial charge is 0.408 e. The molecule has 8 heteroatoms. The van der Waals surface area contributed by atoms with Crippen molar-refractivity contribution in [1.82, 2.24) is 10.6 Å². The van der Waals surface area contributed by atoms with Crippen molar-refractivity contribution >= 4 is 18.2 Å². The highest BCUT2D eigenvalue weighted by Crippen LogP contribution is 2.20. The van der Waals surface area contributed by atoms with Crippen LogP contribution in [-0.4, -0.2) is 36.9 Å². The van der Waals surface area contributed by atoms with Crippen molar-refractivity contribution in [1.29, 1.82) is 0 Å². The molecule has 0 unspecified atom stereocenters. The third kappa shape index (κ3) is 8.00. The molecule has 0 fully saturated rings. The highest BCUT2D eigenvalue weighted by atomic mass is 16.6. The molecule has 0 aliphatic carbocycles. The van der Waals surface area contributed by atoms with Gasteiger partial charge in [-0.05, 0) is 31.9 Å². The maximum absolute atomic E-state index is 12.5. The molecule has 2 rings (SSSR count). The monoisotopic (exact) mass is 428 g/mol. The van der Waals surface area contributed by atoms with Crippen molar-refractivity contribution in [3.05, 3.63) is 71.8 Å². The topological polar surface area (TPSA) is 103 Å². The summed E-state index contributed by atoms with van der Waals surface area (Å²) in [6, 6.07) is 15.6. The van der Waals surface area contributed by atoms with Crippen LogP contribution in [0.5, 0.6) is 0 Å². The van der Waals surface area contributed by atoms with Gasteiger partial charge >= 0.3 is 18.2 Å². The Morgan fingerprint density at radius 1 is 0.871 bits per heavy atom. The average molecular weight is 428 g/mol. The molecule has 0 heterocycles. The second kappa shape index (κ2) is 11.0. The van der Waals surface area contributed by atoms with Crippen LogP contribution in [-0.2, 0) is 25.6 Å². The minimum absolute atomic E-state index is 0.0239. The van der Waals surface area contributed by atoms with Gasteiger partial charge in [0.05, 0.1) is 13.2 Å². The lowest BCUT2D eigenvalue weighted by Gasteiger charge is -2.28. The van der Waals surface area contributed by atoms with Gasteiger partial charge in [0.15, 0.2) is 6.04 Å². The summed E-state index contributed by atoms with van der Waals surface area (Å²) in [6.07, 6.45) is -1.57.